The number of hydrogen-bond acceptors (Lipinski definition) is 4. The summed E-state index contributed by atoms with van der Waals surface area (Å²) in [5, 5.41) is 9.72. The molecule has 146 valence electrons. The Labute approximate surface area is 170 Å². The number of nitrogens with zero attached hydrogens (tertiary/aromatic N) is 2. The molecule has 5 nitrogen and oxygen atoms in total. The second-order valence-corrected chi connectivity index (χ2v) is 6.31. The summed E-state index contributed by atoms with van der Waals surface area (Å²) in [6, 6.07) is 13.8. The van der Waals surface area contributed by atoms with Crippen molar-refractivity contribution in [3.05, 3.63) is 78.7 Å². The van der Waals surface area contributed by atoms with Gasteiger partial charge in [-0.1, -0.05) is 30.9 Å². The third-order valence-electron chi connectivity index (χ3n) is 4.24. The van der Waals surface area contributed by atoms with E-state index in [1.54, 1.807) is 12.2 Å². The zero-order valence-electron chi connectivity index (χ0n) is 16.4. The monoisotopic (exact) mass is 385 g/mol. The molecule has 5 heteroatoms. The number of aromatic amines is 1. The molecule has 0 atom stereocenters. The molecule has 0 aliphatic carbocycles. The van der Waals surface area contributed by atoms with Gasteiger partial charge < -0.3 is 14.5 Å². The highest BCUT2D eigenvalue weighted by Crippen LogP contribution is 2.35. The summed E-state index contributed by atoms with van der Waals surface area (Å²) in [5.41, 5.74) is 3.90. The van der Waals surface area contributed by atoms with Gasteiger partial charge in [-0.25, -0.2) is 4.98 Å². The highest BCUT2D eigenvalue weighted by atomic mass is 16.5. The van der Waals surface area contributed by atoms with Gasteiger partial charge in [0.2, 0.25) is 0 Å². The Bertz CT molecular complexity index is 1070. The number of allylic oxidation sites excluding steroid dienone is 2. The predicted molar refractivity (Wildman–Crippen MR) is 117 cm³/mol. The fourth-order valence-corrected chi connectivity index (χ4v) is 3.04. The highest BCUT2D eigenvalue weighted by molar-refractivity contribution is 5.90. The van der Waals surface area contributed by atoms with Crippen molar-refractivity contribution in [2.75, 3.05) is 13.2 Å². The molecule has 1 aromatic heterocycles. The predicted octanol–water partition coefficient (Wildman–Crippen LogP) is 5.32. The number of fused-ring (bicyclic) bond motifs is 1. The van der Waals surface area contributed by atoms with Gasteiger partial charge in [-0.05, 0) is 49.2 Å². The van der Waals surface area contributed by atoms with E-state index in [1.807, 2.05) is 49.4 Å². The van der Waals surface area contributed by atoms with E-state index in [-0.39, 0.29) is 0 Å². The number of ether oxygens (including phenoxy) is 2. The van der Waals surface area contributed by atoms with Crippen molar-refractivity contribution >= 4 is 22.7 Å². The lowest BCUT2D eigenvalue weighted by Crippen LogP contribution is -2.03. The average molecular weight is 385 g/mol. The molecule has 0 radical (unpaired) electrons. The van der Waals surface area contributed by atoms with Gasteiger partial charge in [0.05, 0.1) is 23.2 Å². The third kappa shape index (κ3) is 4.56. The van der Waals surface area contributed by atoms with Crippen LogP contribution in [0, 0.1) is 11.3 Å². The molecule has 0 aliphatic rings. The molecular formula is C24H23N3O2. The Morgan fingerprint density at radius 3 is 2.72 bits per heavy atom. The van der Waals surface area contributed by atoms with Crippen LogP contribution in [0.2, 0.25) is 0 Å². The van der Waals surface area contributed by atoms with E-state index in [2.05, 4.69) is 29.2 Å². The number of benzene rings is 2. The Kier molecular flexibility index (Phi) is 6.49. The maximum absolute atomic E-state index is 9.72. The van der Waals surface area contributed by atoms with Gasteiger partial charge in [0.25, 0.3) is 0 Å². The van der Waals surface area contributed by atoms with Gasteiger partial charge in [0, 0.05) is 5.56 Å². The van der Waals surface area contributed by atoms with Crippen molar-refractivity contribution in [2.24, 2.45) is 0 Å². The zero-order valence-corrected chi connectivity index (χ0v) is 16.4. The highest BCUT2D eigenvalue weighted by Gasteiger charge is 2.14. The van der Waals surface area contributed by atoms with Crippen LogP contribution in [0.4, 0.5) is 0 Å². The Balaban J connectivity index is 2.08. The number of hydrogen-bond donors (Lipinski definition) is 1. The Morgan fingerprint density at radius 1 is 1.21 bits per heavy atom. The normalized spacial score (nSPS) is 11.1. The van der Waals surface area contributed by atoms with Crippen molar-refractivity contribution < 1.29 is 9.47 Å². The largest absolute Gasteiger partial charge is 0.490 e. The van der Waals surface area contributed by atoms with Crippen LogP contribution in [0.15, 0.2) is 61.7 Å². The van der Waals surface area contributed by atoms with Gasteiger partial charge in [-0.15, -0.1) is 6.58 Å². The van der Waals surface area contributed by atoms with Gasteiger partial charge >= 0.3 is 0 Å². The lowest BCUT2D eigenvalue weighted by atomic mass is 10.0. The zero-order chi connectivity index (χ0) is 20.6. The van der Waals surface area contributed by atoms with Gasteiger partial charge in [-0.3, -0.25) is 0 Å². The first kappa shape index (κ1) is 20.0. The molecule has 0 saturated heterocycles. The van der Waals surface area contributed by atoms with Crippen molar-refractivity contribution in [1.29, 1.82) is 5.26 Å². The molecule has 2 aromatic carbocycles. The van der Waals surface area contributed by atoms with Crippen LogP contribution in [0.1, 0.15) is 23.9 Å². The summed E-state index contributed by atoms with van der Waals surface area (Å²) in [7, 11) is 0. The first-order valence-corrected chi connectivity index (χ1v) is 9.41. The fraction of sp³-hybridized carbons (Fsp3) is 0.167. The second kappa shape index (κ2) is 9.43. The number of imidazole rings is 1. The lowest BCUT2D eigenvalue weighted by Gasteiger charge is -2.16. The number of nitrogens with one attached hydrogen (secondary N) is 1. The van der Waals surface area contributed by atoms with Gasteiger partial charge in [-0.2, -0.15) is 5.26 Å². The van der Waals surface area contributed by atoms with Crippen LogP contribution < -0.4 is 9.47 Å². The molecule has 0 fully saturated rings. The maximum atomic E-state index is 9.72. The van der Waals surface area contributed by atoms with E-state index in [9.17, 15) is 5.26 Å². The third-order valence-corrected chi connectivity index (χ3v) is 4.24. The van der Waals surface area contributed by atoms with Crippen LogP contribution in [-0.2, 0) is 6.42 Å². The van der Waals surface area contributed by atoms with E-state index in [4.69, 9.17) is 9.47 Å². The smallest absolute Gasteiger partial charge is 0.165 e. The minimum atomic E-state index is 0.377. The number of para-hydroxylation sites is 2. The SMILES string of the molecule is C=CCOc1c(CC=C)cc(/C=C(\C#N)c2nc3ccccc3[nH]2)cc1OCC. The minimum absolute atomic E-state index is 0.377. The molecule has 0 saturated carbocycles. The number of H-pyrrole nitrogens is 1. The van der Waals surface area contributed by atoms with Crippen LogP contribution in [0.25, 0.3) is 22.7 Å². The number of aromatic nitrogens is 2. The standard InChI is InChI=1S/C24H23N3O2/c1-4-9-18-13-17(15-22(28-6-3)23(18)29-12-5-2)14-19(16-25)24-26-20-10-7-8-11-21(20)27-24/h4-5,7-8,10-11,13-15H,1-2,6,9,12H2,3H3,(H,26,27)/b19-14+. The molecule has 1 heterocycles. The second-order valence-electron chi connectivity index (χ2n) is 6.31. The minimum Gasteiger partial charge on any atom is -0.490 e. The van der Waals surface area contributed by atoms with Crippen LogP contribution in [0.3, 0.4) is 0 Å². The van der Waals surface area contributed by atoms with Crippen molar-refractivity contribution in [2.45, 2.75) is 13.3 Å². The summed E-state index contributed by atoms with van der Waals surface area (Å²) in [6.45, 7) is 10.3. The molecule has 0 unspecified atom stereocenters. The van der Waals surface area contributed by atoms with E-state index >= 15 is 0 Å². The molecule has 29 heavy (non-hydrogen) atoms. The molecule has 0 amide bonds. The van der Waals surface area contributed by atoms with Crippen molar-refractivity contribution in [1.82, 2.24) is 9.97 Å². The quantitative estimate of drug-likeness (QED) is 0.400. The molecule has 0 bridgehead atoms. The van der Waals surface area contributed by atoms with Crippen molar-refractivity contribution in [3.8, 4) is 17.6 Å². The number of rotatable bonds is 9. The van der Waals surface area contributed by atoms with E-state index in [0.717, 1.165) is 22.2 Å². The Hall–Kier alpha value is -3.78. The van der Waals surface area contributed by atoms with Gasteiger partial charge in [0.15, 0.2) is 11.5 Å². The summed E-state index contributed by atoms with van der Waals surface area (Å²) < 4.78 is 11.6. The fourth-order valence-electron chi connectivity index (χ4n) is 3.04. The molecule has 3 rings (SSSR count). The van der Waals surface area contributed by atoms with Crippen LogP contribution in [0.5, 0.6) is 11.5 Å². The van der Waals surface area contributed by atoms with E-state index in [1.165, 1.54) is 0 Å². The van der Waals surface area contributed by atoms with Gasteiger partial charge in [0.1, 0.15) is 18.5 Å². The molecular weight excluding hydrogens is 362 g/mol. The molecule has 3 aromatic rings. The molecule has 0 spiro atoms. The average Bonchev–Trinajstić information content (AvgIpc) is 3.16. The molecule has 1 N–H and O–H groups in total. The number of nitriles is 1. The maximum Gasteiger partial charge on any atom is 0.165 e. The van der Waals surface area contributed by atoms with Crippen LogP contribution >= 0.6 is 0 Å². The summed E-state index contributed by atoms with van der Waals surface area (Å²) in [6.07, 6.45) is 5.91. The summed E-state index contributed by atoms with van der Waals surface area (Å²) in [5.74, 6) is 1.83. The van der Waals surface area contributed by atoms with E-state index < -0.39 is 0 Å². The molecule has 0 aliphatic heterocycles. The topological polar surface area (TPSA) is 70.9 Å². The lowest BCUT2D eigenvalue weighted by molar-refractivity contribution is 0.295. The first-order chi connectivity index (χ1) is 14.2. The summed E-state index contributed by atoms with van der Waals surface area (Å²) >= 11 is 0. The van der Waals surface area contributed by atoms with Crippen molar-refractivity contribution in [3.63, 3.8) is 0 Å². The Morgan fingerprint density at radius 2 is 2.03 bits per heavy atom. The van der Waals surface area contributed by atoms with Crippen LogP contribution in [-0.4, -0.2) is 23.2 Å². The van der Waals surface area contributed by atoms with E-state index in [0.29, 0.717) is 42.5 Å². The first-order valence-electron chi connectivity index (χ1n) is 9.41. The summed E-state index contributed by atoms with van der Waals surface area (Å²) in [4.78, 5) is 7.73.